The second-order valence-electron chi connectivity index (χ2n) is 4.83. The Bertz CT molecular complexity index is 574. The highest BCUT2D eigenvalue weighted by atomic mass is 79.9. The first-order valence-electron chi connectivity index (χ1n) is 5.87. The van der Waals surface area contributed by atoms with E-state index in [0.717, 1.165) is 0 Å². The zero-order valence-electron chi connectivity index (χ0n) is 11.1. The van der Waals surface area contributed by atoms with Crippen molar-refractivity contribution in [3.05, 3.63) is 33.2 Å². The maximum Gasteiger partial charge on any atom is 0.251 e. The maximum atomic E-state index is 11.9. The summed E-state index contributed by atoms with van der Waals surface area (Å²) in [6.45, 7) is 5.27. The minimum Gasteiger partial charge on any atom is -0.336 e. The molecule has 0 aliphatic heterocycles. The van der Waals surface area contributed by atoms with Crippen molar-refractivity contribution in [2.24, 2.45) is 5.92 Å². The lowest BCUT2D eigenvalue weighted by Crippen LogP contribution is -2.50. The van der Waals surface area contributed by atoms with Crippen LogP contribution in [0, 0.1) is 17.2 Å². The summed E-state index contributed by atoms with van der Waals surface area (Å²) in [5, 5.41) is 11.8. The third-order valence-electron chi connectivity index (χ3n) is 3.05. The van der Waals surface area contributed by atoms with Gasteiger partial charge in [-0.2, -0.15) is 5.26 Å². The van der Waals surface area contributed by atoms with Crippen LogP contribution in [-0.2, 0) is 11.3 Å². The highest BCUT2D eigenvalue weighted by Gasteiger charge is 2.29. The van der Waals surface area contributed by atoms with Gasteiger partial charge in [-0.1, -0.05) is 13.8 Å². The Kier molecular flexibility index (Phi) is 4.90. The minimum absolute atomic E-state index is 0.0271. The number of halogens is 1. The van der Waals surface area contributed by atoms with E-state index in [9.17, 15) is 9.59 Å². The van der Waals surface area contributed by atoms with Crippen LogP contribution in [0.3, 0.4) is 0 Å². The van der Waals surface area contributed by atoms with Crippen molar-refractivity contribution < 1.29 is 4.79 Å². The van der Waals surface area contributed by atoms with Crippen LogP contribution >= 0.6 is 15.9 Å². The van der Waals surface area contributed by atoms with Gasteiger partial charge in [-0.3, -0.25) is 9.59 Å². The lowest BCUT2D eigenvalue weighted by Gasteiger charge is -2.27. The molecule has 1 amide bonds. The molecule has 0 unspecified atom stereocenters. The molecule has 6 heteroatoms. The van der Waals surface area contributed by atoms with Crippen LogP contribution in [0.15, 0.2) is 27.6 Å². The van der Waals surface area contributed by atoms with E-state index in [-0.39, 0.29) is 23.9 Å². The van der Waals surface area contributed by atoms with Crippen LogP contribution in [0.4, 0.5) is 0 Å². The summed E-state index contributed by atoms with van der Waals surface area (Å²) in [5.41, 5.74) is -1.20. The van der Waals surface area contributed by atoms with Crippen molar-refractivity contribution in [1.82, 2.24) is 9.88 Å². The topological polar surface area (TPSA) is 74.9 Å². The molecule has 0 fully saturated rings. The van der Waals surface area contributed by atoms with E-state index in [1.807, 2.05) is 13.8 Å². The van der Waals surface area contributed by atoms with Gasteiger partial charge in [-0.15, -0.1) is 0 Å². The van der Waals surface area contributed by atoms with Gasteiger partial charge in [0.2, 0.25) is 5.91 Å². The summed E-state index contributed by atoms with van der Waals surface area (Å²) in [6, 6.07) is 5.09. The molecule has 0 saturated heterocycles. The van der Waals surface area contributed by atoms with Crippen LogP contribution in [0.25, 0.3) is 0 Å². The quantitative estimate of drug-likeness (QED) is 0.914. The molecule has 1 N–H and O–H groups in total. The predicted octanol–water partition coefficient (Wildman–Crippen LogP) is 1.67. The Balaban J connectivity index is 2.84. The summed E-state index contributed by atoms with van der Waals surface area (Å²) >= 11 is 3.24. The van der Waals surface area contributed by atoms with E-state index in [4.69, 9.17) is 5.26 Å². The molecular formula is C13H16BrN3O2. The molecule has 0 radical (unpaired) electrons. The van der Waals surface area contributed by atoms with Gasteiger partial charge in [-0.25, -0.2) is 0 Å². The Morgan fingerprint density at radius 2 is 2.21 bits per heavy atom. The number of aromatic nitrogens is 1. The zero-order valence-corrected chi connectivity index (χ0v) is 12.7. The summed E-state index contributed by atoms with van der Waals surface area (Å²) in [7, 11) is 0. The van der Waals surface area contributed by atoms with Gasteiger partial charge in [0.15, 0.2) is 0 Å². The van der Waals surface area contributed by atoms with Gasteiger partial charge < -0.3 is 9.88 Å². The number of amides is 1. The fraction of sp³-hybridized carbons (Fsp3) is 0.462. The first-order valence-corrected chi connectivity index (χ1v) is 6.66. The first-order chi connectivity index (χ1) is 8.78. The fourth-order valence-corrected chi connectivity index (χ4v) is 1.79. The standard InChI is InChI=1S/C13H16BrN3O2/c1-9(2)13(3,8-15)16-11(18)7-17-6-10(14)4-5-12(17)19/h4-6,9H,7H2,1-3H3,(H,16,18)/t13-/m1/s1. The number of nitrogens with zero attached hydrogens (tertiary/aromatic N) is 2. The molecule has 5 nitrogen and oxygen atoms in total. The molecule has 0 aliphatic rings. The van der Waals surface area contributed by atoms with E-state index >= 15 is 0 Å². The summed E-state index contributed by atoms with van der Waals surface area (Å²) in [4.78, 5) is 23.5. The first kappa shape index (κ1) is 15.4. The number of rotatable bonds is 4. The van der Waals surface area contributed by atoms with Crippen molar-refractivity contribution in [2.45, 2.75) is 32.9 Å². The molecule has 1 aromatic heterocycles. The van der Waals surface area contributed by atoms with E-state index in [2.05, 4.69) is 27.3 Å². The van der Waals surface area contributed by atoms with Gasteiger partial charge >= 0.3 is 0 Å². The van der Waals surface area contributed by atoms with Gasteiger partial charge in [-0.05, 0) is 34.8 Å². The molecule has 0 aromatic carbocycles. The van der Waals surface area contributed by atoms with Crippen molar-refractivity contribution in [3.8, 4) is 6.07 Å². The van der Waals surface area contributed by atoms with Crippen molar-refractivity contribution in [3.63, 3.8) is 0 Å². The average Bonchev–Trinajstić information content (AvgIpc) is 2.33. The molecule has 1 heterocycles. The second kappa shape index (κ2) is 6.02. The van der Waals surface area contributed by atoms with Crippen molar-refractivity contribution in [1.29, 1.82) is 5.26 Å². The Hall–Kier alpha value is -1.61. The van der Waals surface area contributed by atoms with Gasteiger partial charge in [0.25, 0.3) is 5.56 Å². The zero-order chi connectivity index (χ0) is 14.6. The molecule has 1 aromatic rings. The molecule has 1 atom stereocenters. The van der Waals surface area contributed by atoms with Gasteiger partial charge in [0, 0.05) is 16.7 Å². The second-order valence-corrected chi connectivity index (χ2v) is 5.75. The van der Waals surface area contributed by atoms with Crippen LogP contribution in [0.1, 0.15) is 20.8 Å². The maximum absolute atomic E-state index is 11.9. The fourth-order valence-electron chi connectivity index (χ4n) is 1.41. The van der Waals surface area contributed by atoms with Crippen LogP contribution < -0.4 is 10.9 Å². The summed E-state index contributed by atoms with van der Waals surface area (Å²) in [6.07, 6.45) is 1.54. The van der Waals surface area contributed by atoms with Gasteiger partial charge in [0.1, 0.15) is 12.1 Å². The predicted molar refractivity (Wildman–Crippen MR) is 75.4 cm³/mol. The normalized spacial score (nSPS) is 13.7. The van der Waals surface area contributed by atoms with Crippen LogP contribution in [-0.4, -0.2) is 16.0 Å². The van der Waals surface area contributed by atoms with E-state index in [1.165, 1.54) is 10.6 Å². The van der Waals surface area contributed by atoms with E-state index in [1.54, 1.807) is 19.2 Å². The highest BCUT2D eigenvalue weighted by molar-refractivity contribution is 9.10. The molecule has 0 spiro atoms. The van der Waals surface area contributed by atoms with E-state index < -0.39 is 5.54 Å². The Morgan fingerprint density at radius 1 is 1.58 bits per heavy atom. The SMILES string of the molecule is CC(C)[C@@](C)(C#N)NC(=O)Cn1cc(Br)ccc1=O. The van der Waals surface area contributed by atoms with Crippen LogP contribution in [0.5, 0.6) is 0 Å². The monoisotopic (exact) mass is 325 g/mol. The number of nitriles is 1. The number of carbonyl (C=O) groups is 1. The van der Waals surface area contributed by atoms with E-state index in [0.29, 0.717) is 4.47 Å². The largest absolute Gasteiger partial charge is 0.336 e. The molecule has 102 valence electrons. The highest BCUT2D eigenvalue weighted by Crippen LogP contribution is 2.15. The summed E-state index contributed by atoms with van der Waals surface area (Å²) < 4.78 is 2.00. The molecule has 0 aliphatic carbocycles. The lowest BCUT2D eigenvalue weighted by molar-refractivity contribution is -0.123. The van der Waals surface area contributed by atoms with Crippen LogP contribution in [0.2, 0.25) is 0 Å². The smallest absolute Gasteiger partial charge is 0.251 e. The molecule has 1 rings (SSSR count). The minimum atomic E-state index is -0.938. The lowest BCUT2D eigenvalue weighted by atomic mass is 9.90. The molecule has 0 saturated carbocycles. The van der Waals surface area contributed by atoms with Crippen molar-refractivity contribution >= 4 is 21.8 Å². The number of hydrogen-bond donors (Lipinski definition) is 1. The molecule has 19 heavy (non-hydrogen) atoms. The third-order valence-corrected chi connectivity index (χ3v) is 3.52. The Labute approximate surface area is 120 Å². The number of pyridine rings is 1. The number of hydrogen-bond acceptors (Lipinski definition) is 3. The Morgan fingerprint density at radius 3 is 2.74 bits per heavy atom. The third kappa shape index (κ3) is 3.93. The average molecular weight is 326 g/mol. The van der Waals surface area contributed by atoms with Gasteiger partial charge in [0.05, 0.1) is 6.07 Å². The molecule has 0 bridgehead atoms. The number of nitrogens with one attached hydrogen (secondary N) is 1. The summed E-state index contributed by atoms with van der Waals surface area (Å²) in [5.74, 6) is -0.390. The number of carbonyl (C=O) groups excluding carboxylic acids is 1. The van der Waals surface area contributed by atoms with Crippen molar-refractivity contribution in [2.75, 3.05) is 0 Å². The molecular weight excluding hydrogens is 310 g/mol.